The van der Waals surface area contributed by atoms with Gasteiger partial charge in [0.05, 0.1) is 10.4 Å². The lowest BCUT2D eigenvalue weighted by Gasteiger charge is -2.07. The zero-order chi connectivity index (χ0) is 11.4. The highest BCUT2D eigenvalue weighted by molar-refractivity contribution is 8.01. The van der Waals surface area contributed by atoms with Crippen molar-refractivity contribution in [2.24, 2.45) is 5.73 Å². The Kier molecular flexibility index (Phi) is 4.20. The average molecular weight is 257 g/mol. The number of nitrogens with two attached hydrogens (primary N) is 1. The van der Waals surface area contributed by atoms with Crippen LogP contribution in [0.15, 0.2) is 10.4 Å². The summed E-state index contributed by atoms with van der Waals surface area (Å²) in [7, 11) is 0. The summed E-state index contributed by atoms with van der Waals surface area (Å²) in [5.41, 5.74) is 5.15. The van der Waals surface area contributed by atoms with E-state index in [1.807, 2.05) is 0 Å². The Morgan fingerprint density at radius 1 is 1.75 bits per heavy atom. The molecule has 4 nitrogen and oxygen atoms in total. The Hall–Kier alpha value is -0.590. The minimum atomic E-state index is -0.436. The molecular formula is C10H15N3OS2. The van der Waals surface area contributed by atoms with E-state index in [-0.39, 0.29) is 0 Å². The molecule has 3 N–H and O–H groups in total. The normalized spacial score (nSPS) is 20.1. The lowest BCUT2D eigenvalue weighted by atomic mass is 10.2. The molecule has 1 aliphatic heterocycles. The van der Waals surface area contributed by atoms with Crippen molar-refractivity contribution in [2.45, 2.75) is 29.5 Å². The zero-order valence-electron chi connectivity index (χ0n) is 8.94. The van der Waals surface area contributed by atoms with Crippen LogP contribution in [0.1, 0.15) is 29.1 Å². The van der Waals surface area contributed by atoms with Gasteiger partial charge >= 0.3 is 0 Å². The summed E-state index contributed by atoms with van der Waals surface area (Å²) in [5.74, 6) is 0.632. The molecule has 1 fully saturated rings. The number of thiazole rings is 1. The van der Waals surface area contributed by atoms with Crippen LogP contribution in [0.3, 0.4) is 0 Å². The summed E-state index contributed by atoms with van der Waals surface area (Å²) >= 11 is 3.13. The summed E-state index contributed by atoms with van der Waals surface area (Å²) in [5, 5.41) is 3.87. The van der Waals surface area contributed by atoms with Crippen molar-refractivity contribution in [3.05, 3.63) is 11.2 Å². The molecular weight excluding hydrogens is 242 g/mol. The lowest BCUT2D eigenvalue weighted by molar-refractivity contribution is 0.1000. The third kappa shape index (κ3) is 3.20. The van der Waals surface area contributed by atoms with Gasteiger partial charge in [-0.2, -0.15) is 0 Å². The number of nitrogens with one attached hydrogen (secondary N) is 1. The van der Waals surface area contributed by atoms with Crippen molar-refractivity contribution >= 4 is 29.0 Å². The number of carbonyl (C=O) groups excluding carboxylic acids is 1. The first kappa shape index (κ1) is 11.9. The number of rotatable bonds is 5. The van der Waals surface area contributed by atoms with E-state index in [4.69, 9.17) is 5.73 Å². The standard InChI is InChI=1S/C10H15N3OS2/c11-9(14)10-13-6-8(16-10)15-5-3-7-2-1-4-12-7/h6-7,12H,1-5H2,(H2,11,14). The van der Waals surface area contributed by atoms with Gasteiger partial charge in [-0.25, -0.2) is 4.98 Å². The van der Waals surface area contributed by atoms with E-state index < -0.39 is 5.91 Å². The topological polar surface area (TPSA) is 68.0 Å². The fraction of sp³-hybridized carbons (Fsp3) is 0.600. The molecule has 16 heavy (non-hydrogen) atoms. The van der Waals surface area contributed by atoms with Crippen LogP contribution in [-0.4, -0.2) is 29.2 Å². The predicted molar refractivity (Wildman–Crippen MR) is 67.0 cm³/mol. The molecule has 1 amide bonds. The molecule has 0 aromatic carbocycles. The fourth-order valence-corrected chi connectivity index (χ4v) is 3.70. The van der Waals surface area contributed by atoms with Gasteiger partial charge in [-0.15, -0.1) is 23.1 Å². The SMILES string of the molecule is NC(=O)c1ncc(SCCC2CCCN2)s1. The minimum Gasteiger partial charge on any atom is -0.364 e. The quantitative estimate of drug-likeness (QED) is 0.784. The number of thioether (sulfide) groups is 1. The Bertz CT molecular complexity index is 361. The zero-order valence-corrected chi connectivity index (χ0v) is 10.6. The highest BCUT2D eigenvalue weighted by Crippen LogP contribution is 2.26. The van der Waals surface area contributed by atoms with Crippen molar-refractivity contribution in [1.29, 1.82) is 0 Å². The van der Waals surface area contributed by atoms with Gasteiger partial charge in [0.15, 0.2) is 5.01 Å². The van der Waals surface area contributed by atoms with E-state index in [9.17, 15) is 4.79 Å². The van der Waals surface area contributed by atoms with Crippen molar-refractivity contribution in [1.82, 2.24) is 10.3 Å². The molecule has 1 aromatic heterocycles. The van der Waals surface area contributed by atoms with Crippen molar-refractivity contribution in [3.8, 4) is 0 Å². The summed E-state index contributed by atoms with van der Waals surface area (Å²) in [6.07, 6.45) is 5.49. The van der Waals surface area contributed by atoms with Gasteiger partial charge in [-0.05, 0) is 25.8 Å². The van der Waals surface area contributed by atoms with E-state index in [0.717, 1.165) is 16.5 Å². The molecule has 0 spiro atoms. The minimum absolute atomic E-state index is 0.404. The molecule has 0 aliphatic carbocycles. The molecule has 0 bridgehead atoms. The van der Waals surface area contributed by atoms with Crippen molar-refractivity contribution in [3.63, 3.8) is 0 Å². The first-order chi connectivity index (χ1) is 7.75. The van der Waals surface area contributed by atoms with Crippen LogP contribution >= 0.6 is 23.1 Å². The fourth-order valence-electron chi connectivity index (χ4n) is 1.74. The van der Waals surface area contributed by atoms with Crippen LogP contribution < -0.4 is 11.1 Å². The number of amides is 1. The maximum Gasteiger partial charge on any atom is 0.277 e. The first-order valence-corrected chi connectivity index (χ1v) is 7.18. The third-order valence-electron chi connectivity index (χ3n) is 2.57. The molecule has 2 rings (SSSR count). The Morgan fingerprint density at radius 2 is 2.62 bits per heavy atom. The Labute approximate surface area is 103 Å². The van der Waals surface area contributed by atoms with Crippen LogP contribution in [0.25, 0.3) is 0 Å². The summed E-state index contributed by atoms with van der Waals surface area (Å²) < 4.78 is 1.08. The van der Waals surface area contributed by atoms with Crippen LogP contribution in [0.2, 0.25) is 0 Å². The summed E-state index contributed by atoms with van der Waals surface area (Å²) in [4.78, 5) is 14.8. The average Bonchev–Trinajstić information content (AvgIpc) is 2.87. The molecule has 1 aliphatic rings. The molecule has 1 unspecified atom stereocenters. The van der Waals surface area contributed by atoms with Crippen LogP contribution in [-0.2, 0) is 0 Å². The molecule has 88 valence electrons. The third-order valence-corrected chi connectivity index (χ3v) is 4.81. The smallest absolute Gasteiger partial charge is 0.277 e. The monoisotopic (exact) mass is 257 g/mol. The van der Waals surface area contributed by atoms with Gasteiger partial charge in [0, 0.05) is 11.8 Å². The van der Waals surface area contributed by atoms with Crippen LogP contribution in [0.4, 0.5) is 0 Å². The van der Waals surface area contributed by atoms with E-state index in [2.05, 4.69) is 10.3 Å². The van der Waals surface area contributed by atoms with Gasteiger partial charge in [-0.1, -0.05) is 0 Å². The molecule has 1 saturated heterocycles. The van der Waals surface area contributed by atoms with Gasteiger partial charge in [0.25, 0.3) is 5.91 Å². The second-order valence-electron chi connectivity index (χ2n) is 3.78. The molecule has 1 atom stereocenters. The number of aromatic nitrogens is 1. The molecule has 6 heteroatoms. The van der Waals surface area contributed by atoms with E-state index in [0.29, 0.717) is 11.0 Å². The largest absolute Gasteiger partial charge is 0.364 e. The second kappa shape index (κ2) is 5.65. The highest BCUT2D eigenvalue weighted by Gasteiger charge is 2.14. The summed E-state index contributed by atoms with van der Waals surface area (Å²) in [6.45, 7) is 1.15. The van der Waals surface area contributed by atoms with E-state index in [1.54, 1.807) is 18.0 Å². The van der Waals surface area contributed by atoms with Crippen LogP contribution in [0, 0.1) is 0 Å². The molecule has 0 radical (unpaired) electrons. The number of primary amides is 1. The molecule has 2 heterocycles. The first-order valence-electron chi connectivity index (χ1n) is 5.37. The van der Waals surface area contributed by atoms with Crippen molar-refractivity contribution < 1.29 is 4.79 Å². The molecule has 0 saturated carbocycles. The van der Waals surface area contributed by atoms with Gasteiger partial charge < -0.3 is 11.1 Å². The van der Waals surface area contributed by atoms with Crippen LogP contribution in [0.5, 0.6) is 0 Å². The summed E-state index contributed by atoms with van der Waals surface area (Å²) in [6, 6.07) is 0.677. The Balaban J connectivity index is 1.74. The number of hydrogen-bond acceptors (Lipinski definition) is 5. The van der Waals surface area contributed by atoms with E-state index in [1.165, 1.54) is 30.6 Å². The highest BCUT2D eigenvalue weighted by atomic mass is 32.2. The lowest BCUT2D eigenvalue weighted by Crippen LogP contribution is -2.21. The van der Waals surface area contributed by atoms with Gasteiger partial charge in [0.2, 0.25) is 0 Å². The maximum absolute atomic E-state index is 10.8. The number of carbonyl (C=O) groups is 1. The van der Waals surface area contributed by atoms with Crippen molar-refractivity contribution in [2.75, 3.05) is 12.3 Å². The van der Waals surface area contributed by atoms with E-state index >= 15 is 0 Å². The predicted octanol–water partition coefficient (Wildman–Crippen LogP) is 1.48. The maximum atomic E-state index is 10.8. The Morgan fingerprint density at radius 3 is 3.25 bits per heavy atom. The second-order valence-corrected chi connectivity index (χ2v) is 6.20. The van der Waals surface area contributed by atoms with Gasteiger partial charge in [-0.3, -0.25) is 4.79 Å². The molecule has 1 aromatic rings. The number of nitrogens with zero attached hydrogens (tertiary/aromatic N) is 1. The van der Waals surface area contributed by atoms with Gasteiger partial charge in [0.1, 0.15) is 0 Å². The number of hydrogen-bond donors (Lipinski definition) is 2.